The lowest BCUT2D eigenvalue weighted by Gasteiger charge is -2.02. The summed E-state index contributed by atoms with van der Waals surface area (Å²) >= 11 is 0. The topological polar surface area (TPSA) is 44.8 Å². The molecule has 1 aromatic rings. The average Bonchev–Trinajstić information content (AvgIpc) is 2.73. The number of carbonyl (C=O) groups is 1. The highest BCUT2D eigenvalue weighted by Crippen LogP contribution is 2.10. The van der Waals surface area contributed by atoms with Gasteiger partial charge < -0.3 is 14.2 Å². The van der Waals surface area contributed by atoms with Crippen LogP contribution in [0.1, 0.15) is 11.1 Å². The molecular formula is C13H14O4. The van der Waals surface area contributed by atoms with E-state index in [1.807, 2.05) is 31.2 Å². The first-order valence-corrected chi connectivity index (χ1v) is 5.41. The number of benzene rings is 1. The van der Waals surface area contributed by atoms with Crippen LogP contribution in [0.2, 0.25) is 0 Å². The molecule has 0 bridgehead atoms. The molecule has 0 aromatic heterocycles. The summed E-state index contributed by atoms with van der Waals surface area (Å²) in [5, 5.41) is 0. The van der Waals surface area contributed by atoms with Crippen LogP contribution < -0.4 is 0 Å². The molecule has 0 aliphatic carbocycles. The summed E-state index contributed by atoms with van der Waals surface area (Å²) in [6.07, 6.45) is 1.06. The van der Waals surface area contributed by atoms with Crippen LogP contribution in [0.4, 0.5) is 4.79 Å². The van der Waals surface area contributed by atoms with E-state index in [-0.39, 0.29) is 6.61 Å². The molecule has 0 atom stereocenters. The van der Waals surface area contributed by atoms with Crippen LogP contribution in [-0.2, 0) is 20.8 Å². The minimum absolute atomic E-state index is 0.201. The lowest BCUT2D eigenvalue weighted by molar-refractivity contribution is 0.134. The van der Waals surface area contributed by atoms with Gasteiger partial charge in [-0.1, -0.05) is 29.8 Å². The predicted octanol–water partition coefficient (Wildman–Crippen LogP) is 2.56. The fourth-order valence-electron chi connectivity index (χ4n) is 1.41. The van der Waals surface area contributed by atoms with Gasteiger partial charge in [0.25, 0.3) is 0 Å². The van der Waals surface area contributed by atoms with Crippen LogP contribution in [-0.4, -0.2) is 19.4 Å². The average molecular weight is 234 g/mol. The molecular weight excluding hydrogens is 220 g/mol. The van der Waals surface area contributed by atoms with Crippen molar-refractivity contribution in [2.24, 2.45) is 0 Å². The first-order chi connectivity index (χ1) is 8.24. The van der Waals surface area contributed by atoms with Crippen molar-refractivity contribution in [2.75, 3.05) is 13.2 Å². The summed E-state index contributed by atoms with van der Waals surface area (Å²) in [6.45, 7) is 3.19. The molecule has 0 spiro atoms. The summed E-state index contributed by atoms with van der Waals surface area (Å²) in [6, 6.07) is 8.15. The number of ether oxygens (including phenoxy) is 3. The quantitative estimate of drug-likeness (QED) is 0.593. The zero-order chi connectivity index (χ0) is 12.1. The van der Waals surface area contributed by atoms with Crippen LogP contribution >= 0.6 is 0 Å². The molecule has 1 fully saturated rings. The molecule has 1 aromatic carbocycles. The molecule has 0 radical (unpaired) electrons. The maximum absolute atomic E-state index is 10.6. The van der Waals surface area contributed by atoms with Gasteiger partial charge in [-0.2, -0.15) is 0 Å². The van der Waals surface area contributed by atoms with E-state index >= 15 is 0 Å². The van der Waals surface area contributed by atoms with Crippen molar-refractivity contribution in [2.45, 2.75) is 13.5 Å². The van der Waals surface area contributed by atoms with Gasteiger partial charge in [0.1, 0.15) is 5.76 Å². The Morgan fingerprint density at radius 1 is 1.35 bits per heavy atom. The summed E-state index contributed by atoms with van der Waals surface area (Å²) in [4.78, 5) is 10.6. The van der Waals surface area contributed by atoms with Gasteiger partial charge >= 0.3 is 6.16 Å². The number of carbonyl (C=O) groups excluding carboxylic acids is 1. The minimum Gasteiger partial charge on any atom is -0.426 e. The van der Waals surface area contributed by atoms with Crippen molar-refractivity contribution in [3.63, 3.8) is 0 Å². The third-order valence-electron chi connectivity index (χ3n) is 2.36. The zero-order valence-corrected chi connectivity index (χ0v) is 9.64. The summed E-state index contributed by atoms with van der Waals surface area (Å²) < 4.78 is 14.8. The van der Waals surface area contributed by atoms with Gasteiger partial charge in [-0.25, -0.2) is 4.79 Å². The Morgan fingerprint density at radius 2 is 2.12 bits per heavy atom. The monoisotopic (exact) mass is 234 g/mol. The normalized spacial score (nSPS) is 17.0. The molecule has 0 unspecified atom stereocenters. The second-order valence-corrected chi connectivity index (χ2v) is 3.81. The van der Waals surface area contributed by atoms with Crippen LogP contribution in [0.25, 0.3) is 0 Å². The number of hydrogen-bond acceptors (Lipinski definition) is 4. The first kappa shape index (κ1) is 11.7. The Kier molecular flexibility index (Phi) is 3.77. The summed E-state index contributed by atoms with van der Waals surface area (Å²) in [5.74, 6) is 0.513. The van der Waals surface area contributed by atoms with Crippen molar-refractivity contribution in [1.82, 2.24) is 0 Å². The van der Waals surface area contributed by atoms with Crippen LogP contribution in [0.15, 0.2) is 36.1 Å². The van der Waals surface area contributed by atoms with Crippen molar-refractivity contribution >= 4 is 6.16 Å². The summed E-state index contributed by atoms with van der Waals surface area (Å²) in [5.41, 5.74) is 2.35. The van der Waals surface area contributed by atoms with E-state index in [2.05, 4.69) is 4.74 Å². The predicted molar refractivity (Wildman–Crippen MR) is 61.4 cm³/mol. The van der Waals surface area contributed by atoms with Crippen LogP contribution in [0, 0.1) is 6.92 Å². The van der Waals surface area contributed by atoms with Gasteiger partial charge in [-0.15, -0.1) is 0 Å². The molecule has 1 aliphatic heterocycles. The second kappa shape index (κ2) is 5.50. The van der Waals surface area contributed by atoms with E-state index in [9.17, 15) is 4.79 Å². The van der Waals surface area contributed by atoms with E-state index in [0.29, 0.717) is 19.0 Å². The fraction of sp³-hybridized carbons (Fsp3) is 0.308. The lowest BCUT2D eigenvalue weighted by Crippen LogP contribution is -1.95. The second-order valence-electron chi connectivity index (χ2n) is 3.81. The van der Waals surface area contributed by atoms with Crippen LogP contribution in [0.3, 0.4) is 0 Å². The van der Waals surface area contributed by atoms with E-state index < -0.39 is 6.16 Å². The standard InChI is InChI=1S/C13H14O4/c1-10-2-4-11(5-3-10)8-15-7-6-12-9-16-13(14)17-12/h2-6H,7-9H2,1H3/b12-6+. The van der Waals surface area contributed by atoms with E-state index in [1.165, 1.54) is 5.56 Å². The Hall–Kier alpha value is -1.81. The third kappa shape index (κ3) is 3.60. The highest BCUT2D eigenvalue weighted by Gasteiger charge is 2.17. The number of aryl methyl sites for hydroxylation is 1. The molecule has 4 heteroatoms. The summed E-state index contributed by atoms with van der Waals surface area (Å²) in [7, 11) is 0. The minimum atomic E-state index is -0.644. The fourth-order valence-corrected chi connectivity index (χ4v) is 1.41. The molecule has 0 saturated carbocycles. The van der Waals surface area contributed by atoms with Crippen LogP contribution in [0.5, 0.6) is 0 Å². The highest BCUT2D eigenvalue weighted by atomic mass is 16.8. The van der Waals surface area contributed by atoms with Crippen molar-refractivity contribution in [3.05, 3.63) is 47.2 Å². The smallest absolute Gasteiger partial charge is 0.426 e. The number of rotatable bonds is 4. The Labute approximate surface area is 99.8 Å². The number of cyclic esters (lactones) is 2. The molecule has 17 heavy (non-hydrogen) atoms. The Bertz CT molecular complexity index is 420. The van der Waals surface area contributed by atoms with E-state index in [4.69, 9.17) is 9.47 Å². The first-order valence-electron chi connectivity index (χ1n) is 5.41. The maximum Gasteiger partial charge on any atom is 0.514 e. The zero-order valence-electron chi connectivity index (χ0n) is 9.64. The molecule has 1 aliphatic rings. The van der Waals surface area contributed by atoms with E-state index in [0.717, 1.165) is 5.56 Å². The molecule has 4 nitrogen and oxygen atoms in total. The van der Waals surface area contributed by atoms with Gasteiger partial charge in [0.15, 0.2) is 6.61 Å². The molecule has 2 rings (SSSR count). The Morgan fingerprint density at radius 3 is 2.76 bits per heavy atom. The van der Waals surface area contributed by atoms with Gasteiger partial charge in [0.05, 0.1) is 13.2 Å². The Balaban J connectivity index is 1.73. The van der Waals surface area contributed by atoms with Gasteiger partial charge in [-0.05, 0) is 18.6 Å². The molecule has 0 N–H and O–H groups in total. The third-order valence-corrected chi connectivity index (χ3v) is 2.36. The number of hydrogen-bond donors (Lipinski definition) is 0. The molecule has 90 valence electrons. The van der Waals surface area contributed by atoms with Crippen molar-refractivity contribution in [3.8, 4) is 0 Å². The lowest BCUT2D eigenvalue weighted by atomic mass is 10.2. The highest BCUT2D eigenvalue weighted by molar-refractivity contribution is 5.64. The maximum atomic E-state index is 10.6. The van der Waals surface area contributed by atoms with Gasteiger partial charge in [0, 0.05) is 0 Å². The molecule has 1 heterocycles. The van der Waals surface area contributed by atoms with Crippen molar-refractivity contribution < 1.29 is 19.0 Å². The largest absolute Gasteiger partial charge is 0.514 e. The van der Waals surface area contributed by atoms with Crippen molar-refractivity contribution in [1.29, 1.82) is 0 Å². The van der Waals surface area contributed by atoms with E-state index in [1.54, 1.807) is 6.08 Å². The molecule has 0 amide bonds. The van der Waals surface area contributed by atoms with Gasteiger partial charge in [-0.3, -0.25) is 0 Å². The van der Waals surface area contributed by atoms with Gasteiger partial charge in [0.2, 0.25) is 0 Å². The SMILES string of the molecule is Cc1ccc(COC/C=C2\COC(=O)O2)cc1. The molecule has 1 saturated heterocycles.